The Morgan fingerprint density at radius 3 is 3.07 bits per heavy atom. The molecule has 0 saturated carbocycles. The van der Waals surface area contributed by atoms with E-state index in [2.05, 4.69) is 22.6 Å². The largest absolute Gasteiger partial charge is 0.301 e. The Bertz CT molecular complexity index is 373. The summed E-state index contributed by atoms with van der Waals surface area (Å²) in [4.78, 5) is 17.9. The zero-order valence-corrected chi connectivity index (χ0v) is 9.57. The molecule has 0 bridgehead atoms. The number of aryl methyl sites for hydroxylation is 1. The minimum atomic E-state index is -0.0989. The van der Waals surface area contributed by atoms with Crippen LogP contribution >= 0.6 is 24.4 Å². The van der Waals surface area contributed by atoms with Crippen LogP contribution in [0.3, 0.4) is 0 Å². The first-order valence-electron chi connectivity index (χ1n) is 4.19. The zero-order valence-electron chi connectivity index (χ0n) is 7.86. The lowest BCUT2D eigenvalue weighted by Gasteiger charge is -1.97. The number of nitrogens with zero attached hydrogens (tertiary/aromatic N) is 1. The van der Waals surface area contributed by atoms with Gasteiger partial charge in [-0.05, 0) is 6.92 Å². The third-order valence-electron chi connectivity index (χ3n) is 1.44. The maximum atomic E-state index is 11.1. The summed E-state index contributed by atoms with van der Waals surface area (Å²) in [6, 6.07) is 1.48. The highest BCUT2D eigenvalue weighted by atomic mass is 32.2. The summed E-state index contributed by atoms with van der Waals surface area (Å²) in [6.45, 7) is 1.81. The summed E-state index contributed by atoms with van der Waals surface area (Å²) in [5.41, 5.74) is 0.646. The van der Waals surface area contributed by atoms with Crippen LogP contribution < -0.4 is 5.56 Å². The van der Waals surface area contributed by atoms with Crippen molar-refractivity contribution in [2.24, 2.45) is 0 Å². The molecule has 76 valence electrons. The lowest BCUT2D eigenvalue weighted by atomic mass is 10.5. The Kier molecular flexibility index (Phi) is 4.82. The molecule has 1 heterocycles. The highest BCUT2D eigenvalue weighted by molar-refractivity contribution is 7.99. The minimum Gasteiger partial charge on any atom is -0.301 e. The van der Waals surface area contributed by atoms with Gasteiger partial charge in [-0.2, -0.15) is 12.6 Å². The molecule has 5 heteroatoms. The van der Waals surface area contributed by atoms with Gasteiger partial charge in [-0.15, -0.1) is 0 Å². The van der Waals surface area contributed by atoms with Crippen molar-refractivity contribution in [3.05, 3.63) is 34.3 Å². The maximum absolute atomic E-state index is 11.1. The quantitative estimate of drug-likeness (QED) is 0.356. The number of H-pyrrole nitrogens is 1. The lowest BCUT2D eigenvalue weighted by Crippen LogP contribution is -2.07. The van der Waals surface area contributed by atoms with Crippen LogP contribution in [0, 0.1) is 6.92 Å². The van der Waals surface area contributed by atoms with Gasteiger partial charge in [0.25, 0.3) is 5.56 Å². The molecular formula is C9H12N2OS2. The molecule has 0 atom stereocenters. The van der Waals surface area contributed by atoms with Gasteiger partial charge in [0, 0.05) is 23.3 Å². The van der Waals surface area contributed by atoms with Crippen LogP contribution in [0.5, 0.6) is 0 Å². The topological polar surface area (TPSA) is 45.8 Å². The van der Waals surface area contributed by atoms with Gasteiger partial charge in [-0.1, -0.05) is 23.9 Å². The summed E-state index contributed by atoms with van der Waals surface area (Å²) >= 11 is 5.55. The van der Waals surface area contributed by atoms with Crippen LogP contribution in [0.15, 0.2) is 28.2 Å². The molecule has 0 aliphatic rings. The molecule has 1 aromatic rings. The van der Waals surface area contributed by atoms with Gasteiger partial charge in [-0.3, -0.25) is 4.79 Å². The predicted molar refractivity (Wildman–Crippen MR) is 63.3 cm³/mol. The molecule has 3 nitrogen and oxygen atoms in total. The monoisotopic (exact) mass is 228 g/mol. The number of aromatic nitrogens is 2. The van der Waals surface area contributed by atoms with Crippen molar-refractivity contribution in [3.8, 4) is 0 Å². The highest BCUT2D eigenvalue weighted by Gasteiger charge is 1.96. The van der Waals surface area contributed by atoms with E-state index in [1.807, 2.05) is 19.1 Å². The fourth-order valence-corrected chi connectivity index (χ4v) is 1.81. The first-order valence-corrected chi connectivity index (χ1v) is 5.81. The van der Waals surface area contributed by atoms with E-state index in [1.165, 1.54) is 17.8 Å². The molecule has 1 aromatic heterocycles. The zero-order chi connectivity index (χ0) is 10.4. The summed E-state index contributed by atoms with van der Waals surface area (Å²) in [7, 11) is 0. The molecular weight excluding hydrogens is 216 g/mol. The van der Waals surface area contributed by atoms with E-state index < -0.39 is 0 Å². The number of thiol groups is 1. The van der Waals surface area contributed by atoms with E-state index in [0.29, 0.717) is 5.16 Å². The van der Waals surface area contributed by atoms with Crippen molar-refractivity contribution in [1.82, 2.24) is 9.97 Å². The van der Waals surface area contributed by atoms with Gasteiger partial charge in [0.1, 0.15) is 0 Å². The van der Waals surface area contributed by atoms with Gasteiger partial charge >= 0.3 is 0 Å². The SMILES string of the molecule is Cc1cc(=O)[nH]c(SCC=CCS)n1. The van der Waals surface area contributed by atoms with E-state index in [1.54, 1.807) is 0 Å². The van der Waals surface area contributed by atoms with Crippen LogP contribution in [-0.4, -0.2) is 21.5 Å². The van der Waals surface area contributed by atoms with E-state index in [-0.39, 0.29) is 5.56 Å². The number of nitrogens with one attached hydrogen (secondary N) is 1. The molecule has 1 N–H and O–H groups in total. The average molecular weight is 228 g/mol. The molecule has 0 fully saturated rings. The minimum absolute atomic E-state index is 0.0989. The number of hydrogen-bond donors (Lipinski definition) is 2. The fraction of sp³-hybridized carbons (Fsp3) is 0.333. The molecule has 0 aromatic carbocycles. The normalized spacial score (nSPS) is 11.0. The Hall–Kier alpha value is -0.680. The van der Waals surface area contributed by atoms with Crippen LogP contribution in [0.4, 0.5) is 0 Å². The number of hydrogen-bond acceptors (Lipinski definition) is 4. The van der Waals surface area contributed by atoms with E-state index in [4.69, 9.17) is 0 Å². The van der Waals surface area contributed by atoms with Crippen LogP contribution in [0.1, 0.15) is 5.69 Å². The maximum Gasteiger partial charge on any atom is 0.251 e. The standard InChI is InChI=1S/C9H12N2OS2/c1-7-6-8(12)11-9(10-7)14-5-3-2-4-13/h2-3,6,13H,4-5H2,1H3,(H,10,11,12). The number of rotatable bonds is 4. The summed E-state index contributed by atoms with van der Waals surface area (Å²) in [5.74, 6) is 1.53. The lowest BCUT2D eigenvalue weighted by molar-refractivity contribution is 0.907. The third kappa shape index (κ3) is 4.02. The predicted octanol–water partition coefficient (Wildman–Crippen LogP) is 1.66. The second-order valence-corrected chi connectivity index (χ2v) is 4.03. The van der Waals surface area contributed by atoms with Crippen molar-refractivity contribution >= 4 is 24.4 Å². The first-order chi connectivity index (χ1) is 6.72. The molecule has 0 spiro atoms. The van der Waals surface area contributed by atoms with E-state index in [9.17, 15) is 4.79 Å². The van der Waals surface area contributed by atoms with Gasteiger partial charge in [0.05, 0.1) is 0 Å². The Balaban J connectivity index is 2.59. The molecule has 0 saturated heterocycles. The Morgan fingerprint density at radius 1 is 1.64 bits per heavy atom. The van der Waals surface area contributed by atoms with E-state index in [0.717, 1.165) is 17.2 Å². The molecule has 0 unspecified atom stereocenters. The molecule has 1 rings (SSSR count). The Labute approximate surface area is 92.4 Å². The second-order valence-electron chi connectivity index (χ2n) is 2.66. The van der Waals surface area contributed by atoms with Crippen molar-refractivity contribution < 1.29 is 0 Å². The summed E-state index contributed by atoms with van der Waals surface area (Å²) in [5, 5.41) is 0.666. The third-order valence-corrected chi connectivity index (χ3v) is 2.47. The second kappa shape index (κ2) is 5.93. The molecule has 0 radical (unpaired) electrons. The van der Waals surface area contributed by atoms with Gasteiger partial charge < -0.3 is 4.98 Å². The smallest absolute Gasteiger partial charge is 0.251 e. The molecule has 0 aliphatic heterocycles. The van der Waals surface area contributed by atoms with Crippen LogP contribution in [0.25, 0.3) is 0 Å². The summed E-state index contributed by atoms with van der Waals surface area (Å²) in [6.07, 6.45) is 3.96. The number of thioether (sulfide) groups is 1. The first kappa shape index (κ1) is 11.4. The van der Waals surface area contributed by atoms with Crippen molar-refractivity contribution in [1.29, 1.82) is 0 Å². The fourth-order valence-electron chi connectivity index (χ4n) is 0.890. The van der Waals surface area contributed by atoms with Crippen molar-refractivity contribution in [2.75, 3.05) is 11.5 Å². The van der Waals surface area contributed by atoms with Gasteiger partial charge in [-0.25, -0.2) is 4.98 Å². The van der Waals surface area contributed by atoms with Crippen LogP contribution in [-0.2, 0) is 0 Å². The average Bonchev–Trinajstić information content (AvgIpc) is 2.11. The van der Waals surface area contributed by atoms with E-state index >= 15 is 0 Å². The van der Waals surface area contributed by atoms with Crippen LogP contribution in [0.2, 0.25) is 0 Å². The van der Waals surface area contributed by atoms with Crippen molar-refractivity contribution in [2.45, 2.75) is 12.1 Å². The Morgan fingerprint density at radius 2 is 2.43 bits per heavy atom. The molecule has 0 aliphatic carbocycles. The summed E-state index contributed by atoms with van der Waals surface area (Å²) < 4.78 is 0. The molecule has 14 heavy (non-hydrogen) atoms. The molecule has 0 amide bonds. The van der Waals surface area contributed by atoms with Gasteiger partial charge in [0.2, 0.25) is 0 Å². The highest BCUT2D eigenvalue weighted by Crippen LogP contribution is 2.10. The van der Waals surface area contributed by atoms with Crippen molar-refractivity contribution in [3.63, 3.8) is 0 Å². The number of aromatic amines is 1. The van der Waals surface area contributed by atoms with Gasteiger partial charge in [0.15, 0.2) is 5.16 Å².